The molecule has 3 fully saturated rings. The molecule has 6 heteroatoms. The molecule has 0 aliphatic heterocycles. The van der Waals surface area contributed by atoms with E-state index in [-0.39, 0.29) is 23.1 Å². The van der Waals surface area contributed by atoms with Crippen LogP contribution in [0.25, 0.3) is 11.0 Å². The van der Waals surface area contributed by atoms with Gasteiger partial charge in [0.2, 0.25) is 0 Å². The smallest absolute Gasteiger partial charge is 0.336 e. The number of carbonyl (C=O) groups excluding carboxylic acids is 1. The van der Waals surface area contributed by atoms with Gasteiger partial charge in [-0.15, -0.1) is 0 Å². The van der Waals surface area contributed by atoms with Crippen LogP contribution in [0.2, 0.25) is 0 Å². The largest absolute Gasteiger partial charge is 0.494 e. The molecule has 0 unspecified atom stereocenters. The highest BCUT2D eigenvalue weighted by Crippen LogP contribution is 2.67. The van der Waals surface area contributed by atoms with Gasteiger partial charge in [0.15, 0.2) is 0 Å². The molecule has 7 rings (SSSR count). The molecule has 2 aromatic carbocycles. The first-order valence-electron chi connectivity index (χ1n) is 21.7. The minimum atomic E-state index is -0.358. The third-order valence-electron chi connectivity index (χ3n) is 14.7. The Morgan fingerprint density at radius 2 is 1.75 bits per heavy atom. The number of nitrogens with zero attached hydrogens (tertiary/aromatic N) is 1. The number of aliphatic imine (C=N–C) groups is 1. The lowest BCUT2D eigenvalue weighted by Gasteiger charge is -2.58. The van der Waals surface area contributed by atoms with Crippen LogP contribution in [-0.4, -0.2) is 24.9 Å². The van der Waals surface area contributed by atoms with Gasteiger partial charge in [-0.05, 0) is 165 Å². The molecule has 8 atom stereocenters. The Morgan fingerprint density at radius 1 is 0.909 bits per heavy atom. The molecule has 3 aromatic rings. The van der Waals surface area contributed by atoms with Gasteiger partial charge in [-0.1, -0.05) is 65.5 Å². The number of allylic oxidation sites excluding steroid dienone is 1. The summed E-state index contributed by atoms with van der Waals surface area (Å²) in [6.45, 7) is 13.2. The van der Waals surface area contributed by atoms with Crippen molar-refractivity contribution in [3.63, 3.8) is 0 Å². The molecule has 6 nitrogen and oxygen atoms in total. The van der Waals surface area contributed by atoms with Crippen LogP contribution in [0.1, 0.15) is 136 Å². The van der Waals surface area contributed by atoms with E-state index in [1.807, 2.05) is 42.6 Å². The Balaban J connectivity index is 0.806. The highest BCUT2D eigenvalue weighted by atomic mass is 16.5. The zero-order valence-electron chi connectivity index (χ0n) is 34.2. The third kappa shape index (κ3) is 8.99. The highest BCUT2D eigenvalue weighted by Gasteiger charge is 2.59. The van der Waals surface area contributed by atoms with Gasteiger partial charge in [0.1, 0.15) is 17.4 Å². The first kappa shape index (κ1) is 39.6. The van der Waals surface area contributed by atoms with Crippen molar-refractivity contribution < 1.29 is 18.7 Å². The van der Waals surface area contributed by atoms with Gasteiger partial charge < -0.3 is 13.9 Å². The van der Waals surface area contributed by atoms with E-state index < -0.39 is 0 Å². The summed E-state index contributed by atoms with van der Waals surface area (Å²) < 4.78 is 17.3. The Bertz CT molecular complexity index is 1890. The van der Waals surface area contributed by atoms with Gasteiger partial charge >= 0.3 is 11.6 Å². The van der Waals surface area contributed by atoms with Crippen molar-refractivity contribution >= 4 is 28.8 Å². The molecule has 0 spiro atoms. The maximum atomic E-state index is 12.9. The average molecular weight is 748 g/mol. The van der Waals surface area contributed by atoms with Crippen molar-refractivity contribution in [2.45, 2.75) is 137 Å². The maximum Gasteiger partial charge on any atom is 0.336 e. The number of hydrogen-bond donors (Lipinski definition) is 0. The molecule has 0 amide bonds. The fourth-order valence-electron chi connectivity index (χ4n) is 11.7. The monoisotopic (exact) mass is 747 g/mol. The number of carbonyl (C=O) groups is 1. The predicted molar refractivity (Wildman–Crippen MR) is 223 cm³/mol. The molecule has 0 bridgehead atoms. The lowest BCUT2D eigenvalue weighted by molar-refractivity contribution is -0.151. The zero-order valence-corrected chi connectivity index (χ0v) is 34.2. The van der Waals surface area contributed by atoms with Crippen LogP contribution in [-0.2, 0) is 9.53 Å². The molecule has 1 heterocycles. The summed E-state index contributed by atoms with van der Waals surface area (Å²) in [4.78, 5) is 28.9. The van der Waals surface area contributed by atoms with E-state index in [2.05, 4.69) is 45.7 Å². The van der Waals surface area contributed by atoms with E-state index in [0.717, 1.165) is 96.4 Å². The molecule has 3 saturated carbocycles. The van der Waals surface area contributed by atoms with Crippen molar-refractivity contribution in [1.82, 2.24) is 0 Å². The Labute approximate surface area is 329 Å². The lowest BCUT2D eigenvalue weighted by atomic mass is 9.47. The zero-order chi connectivity index (χ0) is 38.6. The van der Waals surface area contributed by atoms with E-state index in [1.54, 1.807) is 17.7 Å². The minimum absolute atomic E-state index is 0.0350. The van der Waals surface area contributed by atoms with Crippen molar-refractivity contribution in [2.24, 2.45) is 51.3 Å². The fraction of sp³-hybridized carbons (Fsp3) is 0.612. The molecule has 1 aromatic heterocycles. The second kappa shape index (κ2) is 17.2. The van der Waals surface area contributed by atoms with E-state index in [0.29, 0.717) is 24.0 Å². The van der Waals surface area contributed by atoms with Crippen molar-refractivity contribution in [3.05, 3.63) is 82.2 Å². The molecule has 0 saturated heterocycles. The van der Waals surface area contributed by atoms with Gasteiger partial charge in [0.25, 0.3) is 0 Å². The number of hydrogen-bond acceptors (Lipinski definition) is 6. The van der Waals surface area contributed by atoms with Gasteiger partial charge in [-0.2, -0.15) is 0 Å². The summed E-state index contributed by atoms with van der Waals surface area (Å²) in [5, 5.41) is 0.836. The van der Waals surface area contributed by atoms with Crippen LogP contribution in [0.5, 0.6) is 5.75 Å². The van der Waals surface area contributed by atoms with E-state index in [9.17, 15) is 9.59 Å². The second-order valence-corrected chi connectivity index (χ2v) is 18.6. The minimum Gasteiger partial charge on any atom is -0.494 e. The highest BCUT2D eigenvalue weighted by molar-refractivity contribution is 5.85. The summed E-state index contributed by atoms with van der Waals surface area (Å²) in [7, 11) is 0. The van der Waals surface area contributed by atoms with Crippen LogP contribution in [0, 0.1) is 46.3 Å². The molecule has 4 aliphatic carbocycles. The van der Waals surface area contributed by atoms with Crippen LogP contribution in [0.4, 0.5) is 5.69 Å². The summed E-state index contributed by atoms with van der Waals surface area (Å²) >= 11 is 0. The Hall–Kier alpha value is -3.67. The van der Waals surface area contributed by atoms with Gasteiger partial charge in [-0.3, -0.25) is 9.79 Å². The normalized spacial score (nSPS) is 29.4. The molecular formula is C49H65NO5. The fourth-order valence-corrected chi connectivity index (χ4v) is 11.7. The van der Waals surface area contributed by atoms with E-state index in [1.165, 1.54) is 57.4 Å². The van der Waals surface area contributed by atoms with Gasteiger partial charge in [0.05, 0.1) is 12.3 Å². The van der Waals surface area contributed by atoms with Crippen molar-refractivity contribution in [1.29, 1.82) is 0 Å². The number of unbranched alkanes of at least 4 members (excludes halogenated alkanes) is 2. The molecule has 55 heavy (non-hydrogen) atoms. The predicted octanol–water partition coefficient (Wildman–Crippen LogP) is 12.4. The first-order chi connectivity index (χ1) is 26.5. The third-order valence-corrected chi connectivity index (χ3v) is 14.7. The van der Waals surface area contributed by atoms with E-state index in [4.69, 9.17) is 13.9 Å². The van der Waals surface area contributed by atoms with Gasteiger partial charge in [-0.25, -0.2) is 4.79 Å². The summed E-state index contributed by atoms with van der Waals surface area (Å²) in [5.41, 5.74) is 4.34. The van der Waals surface area contributed by atoms with E-state index >= 15 is 0 Å². The number of benzene rings is 2. The van der Waals surface area contributed by atoms with Crippen LogP contribution >= 0.6 is 0 Å². The second-order valence-electron chi connectivity index (χ2n) is 18.6. The number of fused-ring (bicyclic) bond motifs is 6. The van der Waals surface area contributed by atoms with Crippen LogP contribution in [0.15, 0.2) is 80.5 Å². The number of ether oxygens (including phenoxy) is 2. The standard InChI is InChI=1S/C49H65NO5/c1-33(2)10-9-11-34(3)42-21-22-43-41-20-16-37-31-40(25-27-48(37,4)44(41)26-28-49(42,43)5)54-46(51)12-7-6-8-29-53-39-18-13-35(14-19-39)32-50-38-17-23-45-36(30-38)15-24-47(52)55-45/h13-19,23-24,30,32-34,40-44H,6-12,20-22,25-29,31H2,1-5H3/t34-,40+,41+,42-,43+,44+,48+,49-/m1/s1. The summed E-state index contributed by atoms with van der Waals surface area (Å²) in [5.74, 6) is 5.85. The van der Waals surface area contributed by atoms with Gasteiger partial charge in [0, 0.05) is 30.5 Å². The quantitative estimate of drug-likeness (QED) is 0.0508. The molecular weight excluding hydrogens is 683 g/mol. The topological polar surface area (TPSA) is 78.1 Å². The Kier molecular flexibility index (Phi) is 12.4. The first-order valence-corrected chi connectivity index (χ1v) is 21.7. The molecule has 296 valence electrons. The van der Waals surface area contributed by atoms with Crippen LogP contribution < -0.4 is 10.4 Å². The Morgan fingerprint density at radius 3 is 2.56 bits per heavy atom. The number of esters is 1. The summed E-state index contributed by atoms with van der Waals surface area (Å²) in [6.07, 6.45) is 21.8. The average Bonchev–Trinajstić information content (AvgIpc) is 3.53. The lowest BCUT2D eigenvalue weighted by Crippen LogP contribution is -2.51. The van der Waals surface area contributed by atoms with Crippen molar-refractivity contribution in [3.8, 4) is 5.75 Å². The molecule has 0 N–H and O–H groups in total. The maximum absolute atomic E-state index is 12.9. The van der Waals surface area contributed by atoms with Crippen molar-refractivity contribution in [2.75, 3.05) is 6.61 Å². The molecule has 0 radical (unpaired) electrons. The molecule has 4 aliphatic rings. The summed E-state index contributed by atoms with van der Waals surface area (Å²) in [6, 6.07) is 16.5. The van der Waals surface area contributed by atoms with Crippen LogP contribution in [0.3, 0.4) is 0 Å². The number of rotatable bonds is 15. The SMILES string of the molecule is CC(C)CCC[C@@H](C)[C@H]1CC[C@H]2[C@@H]3CC=C4C[C@@H](OC(=O)CCCCCOc5ccc(C=Nc6ccc7oc(=O)ccc7c6)cc5)CC[C@]4(C)[C@H]3CC[C@]12C.